The van der Waals surface area contributed by atoms with Crippen LogP contribution in [0, 0.1) is 6.92 Å². The summed E-state index contributed by atoms with van der Waals surface area (Å²) in [5.41, 5.74) is 0. The van der Waals surface area contributed by atoms with Crippen LogP contribution in [0.3, 0.4) is 0 Å². The van der Waals surface area contributed by atoms with Crippen molar-refractivity contribution in [2.75, 3.05) is 19.6 Å². The maximum atomic E-state index is 10.7. The highest BCUT2D eigenvalue weighted by atomic mass is 16.1. The minimum atomic E-state index is 0.403. The lowest BCUT2D eigenvalue weighted by atomic mass is 10.1. The zero-order chi connectivity index (χ0) is 6.69. The third-order valence-electron chi connectivity index (χ3n) is 1.73. The van der Waals surface area contributed by atoms with Gasteiger partial charge in [-0.2, -0.15) is 0 Å². The molecule has 0 spiro atoms. The molecule has 2 heteroatoms. The lowest BCUT2D eigenvalue weighted by molar-refractivity contribution is -0.121. The number of likely N-dealkylation sites (tertiary alicyclic amines) is 1. The Hall–Kier alpha value is -0.370. The minimum absolute atomic E-state index is 0.403. The van der Waals surface area contributed by atoms with Crippen molar-refractivity contribution in [3.05, 3.63) is 6.92 Å². The highest BCUT2D eigenvalue weighted by Crippen LogP contribution is 2.03. The van der Waals surface area contributed by atoms with E-state index in [2.05, 4.69) is 11.8 Å². The number of ketones is 1. The summed E-state index contributed by atoms with van der Waals surface area (Å²) in [6, 6.07) is 0. The van der Waals surface area contributed by atoms with Crippen LogP contribution in [0.5, 0.6) is 0 Å². The van der Waals surface area contributed by atoms with Crippen molar-refractivity contribution in [2.24, 2.45) is 0 Å². The van der Waals surface area contributed by atoms with Crippen LogP contribution < -0.4 is 0 Å². The SMILES string of the molecule is [CH2]CN1CCC(=O)CC1. The molecule has 1 fully saturated rings. The summed E-state index contributed by atoms with van der Waals surface area (Å²) in [5, 5.41) is 0. The van der Waals surface area contributed by atoms with Crippen molar-refractivity contribution in [3.8, 4) is 0 Å². The average Bonchev–Trinajstić information content (AvgIpc) is 1.90. The molecule has 1 radical (unpaired) electrons. The van der Waals surface area contributed by atoms with Gasteiger partial charge in [-0.15, -0.1) is 0 Å². The highest BCUT2D eigenvalue weighted by molar-refractivity contribution is 5.79. The molecule has 1 rings (SSSR count). The lowest BCUT2D eigenvalue weighted by Gasteiger charge is -2.23. The van der Waals surface area contributed by atoms with Crippen molar-refractivity contribution in [1.82, 2.24) is 4.90 Å². The number of nitrogens with zero attached hydrogens (tertiary/aromatic N) is 1. The van der Waals surface area contributed by atoms with Gasteiger partial charge in [-0.1, -0.05) is 0 Å². The van der Waals surface area contributed by atoms with E-state index in [0.717, 1.165) is 32.5 Å². The second kappa shape index (κ2) is 2.97. The molecule has 0 aliphatic carbocycles. The van der Waals surface area contributed by atoms with Crippen LogP contribution in [-0.4, -0.2) is 30.3 Å². The van der Waals surface area contributed by atoms with Gasteiger partial charge in [-0.3, -0.25) is 4.79 Å². The third kappa shape index (κ3) is 1.79. The summed E-state index contributed by atoms with van der Waals surface area (Å²) in [6.07, 6.45) is 1.46. The fourth-order valence-electron chi connectivity index (χ4n) is 1.03. The van der Waals surface area contributed by atoms with Gasteiger partial charge >= 0.3 is 0 Å². The molecular formula is C7H12NO. The molecule has 0 amide bonds. The number of Topliss-reactive ketones (excluding diaryl/α,β-unsaturated/α-hetero) is 1. The molecular weight excluding hydrogens is 114 g/mol. The number of rotatable bonds is 1. The van der Waals surface area contributed by atoms with Gasteiger partial charge in [0.1, 0.15) is 5.78 Å². The number of hydrogen-bond donors (Lipinski definition) is 0. The fraction of sp³-hybridized carbons (Fsp3) is 0.714. The van der Waals surface area contributed by atoms with E-state index in [1.54, 1.807) is 0 Å². The van der Waals surface area contributed by atoms with Gasteiger partial charge in [-0.05, 0) is 13.5 Å². The lowest BCUT2D eigenvalue weighted by Crippen LogP contribution is -2.33. The van der Waals surface area contributed by atoms with Crippen molar-refractivity contribution in [3.63, 3.8) is 0 Å². The summed E-state index contributed by atoms with van der Waals surface area (Å²) >= 11 is 0. The van der Waals surface area contributed by atoms with Crippen molar-refractivity contribution >= 4 is 5.78 Å². The van der Waals surface area contributed by atoms with E-state index in [-0.39, 0.29) is 0 Å². The monoisotopic (exact) mass is 126 g/mol. The zero-order valence-corrected chi connectivity index (χ0v) is 5.60. The first-order valence-electron chi connectivity index (χ1n) is 3.36. The van der Waals surface area contributed by atoms with Gasteiger partial charge < -0.3 is 4.90 Å². The molecule has 0 aromatic heterocycles. The Morgan fingerprint density at radius 2 is 2.00 bits per heavy atom. The van der Waals surface area contributed by atoms with Gasteiger partial charge in [0.15, 0.2) is 0 Å². The first-order valence-corrected chi connectivity index (χ1v) is 3.36. The smallest absolute Gasteiger partial charge is 0.135 e. The van der Waals surface area contributed by atoms with E-state index in [4.69, 9.17) is 0 Å². The molecule has 51 valence electrons. The normalized spacial score (nSPS) is 22.6. The van der Waals surface area contributed by atoms with Gasteiger partial charge in [-0.25, -0.2) is 0 Å². The molecule has 1 aliphatic rings. The predicted octanol–water partition coefficient (Wildman–Crippen LogP) is 0.485. The minimum Gasteiger partial charge on any atom is -0.302 e. The summed E-state index contributed by atoms with van der Waals surface area (Å²) in [7, 11) is 0. The molecule has 0 atom stereocenters. The van der Waals surface area contributed by atoms with Crippen LogP contribution in [0.4, 0.5) is 0 Å². The van der Waals surface area contributed by atoms with Crippen molar-refractivity contribution < 1.29 is 4.79 Å². The second-order valence-electron chi connectivity index (χ2n) is 2.38. The maximum Gasteiger partial charge on any atom is 0.135 e. The Balaban J connectivity index is 2.26. The van der Waals surface area contributed by atoms with Crippen LogP contribution in [-0.2, 0) is 4.79 Å². The molecule has 2 nitrogen and oxygen atoms in total. The third-order valence-corrected chi connectivity index (χ3v) is 1.73. The van der Waals surface area contributed by atoms with Gasteiger partial charge in [0, 0.05) is 25.9 Å². The summed E-state index contributed by atoms with van der Waals surface area (Å²) in [6.45, 7) is 6.43. The van der Waals surface area contributed by atoms with Crippen LogP contribution in [0.1, 0.15) is 12.8 Å². The maximum absolute atomic E-state index is 10.7. The zero-order valence-electron chi connectivity index (χ0n) is 5.60. The van der Waals surface area contributed by atoms with Crippen LogP contribution in [0.25, 0.3) is 0 Å². The van der Waals surface area contributed by atoms with Crippen molar-refractivity contribution in [2.45, 2.75) is 12.8 Å². The number of carbonyl (C=O) groups is 1. The molecule has 0 aromatic rings. The Labute approximate surface area is 55.8 Å². The van der Waals surface area contributed by atoms with Crippen LogP contribution in [0.15, 0.2) is 0 Å². The van der Waals surface area contributed by atoms with Gasteiger partial charge in [0.2, 0.25) is 0 Å². The molecule has 0 unspecified atom stereocenters. The van der Waals surface area contributed by atoms with E-state index >= 15 is 0 Å². The molecule has 1 heterocycles. The predicted molar refractivity (Wildman–Crippen MR) is 36.0 cm³/mol. The molecule has 0 saturated carbocycles. The Morgan fingerprint density at radius 3 is 2.44 bits per heavy atom. The summed E-state index contributed by atoms with van der Waals surface area (Å²) in [5.74, 6) is 0.403. The topological polar surface area (TPSA) is 20.3 Å². The second-order valence-corrected chi connectivity index (χ2v) is 2.38. The first-order chi connectivity index (χ1) is 4.33. The van der Waals surface area contributed by atoms with Crippen LogP contribution in [0.2, 0.25) is 0 Å². The van der Waals surface area contributed by atoms with E-state index < -0.39 is 0 Å². The molecule has 0 aromatic carbocycles. The van der Waals surface area contributed by atoms with Crippen molar-refractivity contribution in [1.29, 1.82) is 0 Å². The highest BCUT2D eigenvalue weighted by Gasteiger charge is 2.13. The summed E-state index contributed by atoms with van der Waals surface area (Å²) in [4.78, 5) is 12.9. The van der Waals surface area contributed by atoms with E-state index in [1.165, 1.54) is 0 Å². The fourth-order valence-corrected chi connectivity index (χ4v) is 1.03. The van der Waals surface area contributed by atoms with E-state index in [1.807, 2.05) is 0 Å². The van der Waals surface area contributed by atoms with Crippen LogP contribution >= 0.6 is 0 Å². The number of hydrogen-bond acceptors (Lipinski definition) is 2. The number of piperidine rings is 1. The number of carbonyl (C=O) groups excluding carboxylic acids is 1. The van der Waals surface area contributed by atoms with Gasteiger partial charge in [0.05, 0.1) is 0 Å². The largest absolute Gasteiger partial charge is 0.302 e. The Kier molecular flexibility index (Phi) is 2.22. The molecule has 9 heavy (non-hydrogen) atoms. The van der Waals surface area contributed by atoms with Gasteiger partial charge in [0.25, 0.3) is 0 Å². The Bertz CT molecular complexity index is 101. The average molecular weight is 126 g/mol. The standard InChI is InChI=1S/C7H12NO/c1-2-8-5-3-7(9)4-6-8/h1-6H2. The van der Waals surface area contributed by atoms with E-state index in [9.17, 15) is 4.79 Å². The molecule has 1 saturated heterocycles. The molecule has 0 bridgehead atoms. The molecule has 1 aliphatic heterocycles. The first kappa shape index (κ1) is 6.75. The quantitative estimate of drug-likeness (QED) is 0.509. The Morgan fingerprint density at radius 1 is 1.44 bits per heavy atom. The molecule has 0 N–H and O–H groups in total. The van der Waals surface area contributed by atoms with E-state index in [0.29, 0.717) is 5.78 Å². The summed E-state index contributed by atoms with van der Waals surface area (Å²) < 4.78 is 0.